The Morgan fingerprint density at radius 2 is 1.89 bits per heavy atom. The molecule has 3 rings (SSSR count). The molecule has 0 aliphatic rings. The van der Waals surface area contributed by atoms with Crippen LogP contribution in [0.1, 0.15) is 0 Å². The molecule has 1 N–H and O–H groups in total. The van der Waals surface area contributed by atoms with E-state index in [2.05, 4.69) is 31.4 Å². The first-order valence-electron chi connectivity index (χ1n) is 7.75. The lowest BCUT2D eigenvalue weighted by molar-refractivity contribution is -0.114. The zero-order chi connectivity index (χ0) is 19.4. The topological polar surface area (TPSA) is 92.3 Å². The third-order valence-corrected chi connectivity index (χ3v) is 6.00. The lowest BCUT2D eigenvalue weighted by Crippen LogP contribution is -2.37. The number of hydrogen-bond acceptors (Lipinski definition) is 6. The van der Waals surface area contributed by atoms with Gasteiger partial charge >= 0.3 is 0 Å². The molecule has 0 saturated carbocycles. The van der Waals surface area contributed by atoms with E-state index in [1.165, 1.54) is 11.3 Å². The van der Waals surface area contributed by atoms with Gasteiger partial charge in [-0.15, -0.1) is 10.2 Å². The van der Waals surface area contributed by atoms with Gasteiger partial charge in [-0.2, -0.15) is 0 Å². The zero-order valence-corrected chi connectivity index (χ0v) is 17.4. The van der Waals surface area contributed by atoms with E-state index in [0.29, 0.717) is 20.3 Å². The molecule has 0 aliphatic carbocycles. The van der Waals surface area contributed by atoms with Crippen LogP contribution >= 0.6 is 27.3 Å². The Morgan fingerprint density at radius 1 is 1.15 bits per heavy atom. The summed E-state index contributed by atoms with van der Waals surface area (Å²) in [7, 11) is -3.64. The average Bonchev–Trinajstić information content (AvgIpc) is 3.08. The van der Waals surface area contributed by atoms with Crippen molar-refractivity contribution >= 4 is 54.0 Å². The number of amides is 1. The molecule has 1 heterocycles. The number of hydrogen-bond donors (Lipinski definition) is 1. The summed E-state index contributed by atoms with van der Waals surface area (Å²) in [6, 6.07) is 16.2. The summed E-state index contributed by atoms with van der Waals surface area (Å²) in [5.74, 6) is -0.504. The monoisotopic (exact) mass is 466 g/mol. The van der Waals surface area contributed by atoms with Gasteiger partial charge in [0, 0.05) is 10.0 Å². The first-order valence-corrected chi connectivity index (χ1v) is 11.2. The van der Waals surface area contributed by atoms with Crippen LogP contribution in [0.2, 0.25) is 0 Å². The van der Waals surface area contributed by atoms with Crippen molar-refractivity contribution in [2.45, 2.75) is 0 Å². The van der Waals surface area contributed by atoms with Crippen LogP contribution in [-0.4, -0.2) is 37.3 Å². The number of sulfonamides is 1. The molecule has 0 radical (unpaired) electrons. The Bertz CT molecular complexity index is 1050. The molecule has 3 aromatic rings. The van der Waals surface area contributed by atoms with E-state index in [-0.39, 0.29) is 6.54 Å². The van der Waals surface area contributed by atoms with Gasteiger partial charge in [0.1, 0.15) is 11.6 Å². The van der Waals surface area contributed by atoms with Crippen LogP contribution in [0.4, 0.5) is 10.8 Å². The molecule has 27 heavy (non-hydrogen) atoms. The Labute approximate surface area is 169 Å². The van der Waals surface area contributed by atoms with E-state index in [4.69, 9.17) is 0 Å². The summed E-state index contributed by atoms with van der Waals surface area (Å²) in [5, 5.41) is 11.6. The molecule has 1 aromatic heterocycles. The first-order chi connectivity index (χ1) is 12.8. The Kier molecular flexibility index (Phi) is 5.88. The normalized spacial score (nSPS) is 11.2. The highest BCUT2D eigenvalue weighted by atomic mass is 79.9. The van der Waals surface area contributed by atoms with E-state index >= 15 is 0 Å². The summed E-state index contributed by atoms with van der Waals surface area (Å²) in [4.78, 5) is 12.4. The lowest BCUT2D eigenvalue weighted by atomic mass is 10.2. The largest absolute Gasteiger partial charge is 0.299 e. The van der Waals surface area contributed by atoms with Gasteiger partial charge in [0.25, 0.3) is 0 Å². The molecule has 0 aliphatic heterocycles. The van der Waals surface area contributed by atoms with Crippen molar-refractivity contribution < 1.29 is 13.2 Å². The summed E-state index contributed by atoms with van der Waals surface area (Å²) < 4.78 is 26.0. The van der Waals surface area contributed by atoms with Crippen molar-refractivity contribution in [2.75, 3.05) is 22.4 Å². The third kappa shape index (κ3) is 5.12. The highest BCUT2D eigenvalue weighted by Crippen LogP contribution is 2.26. The molecule has 0 spiro atoms. The maximum Gasteiger partial charge on any atom is 0.246 e. The second-order valence-electron chi connectivity index (χ2n) is 5.58. The number of anilines is 2. The predicted molar refractivity (Wildman–Crippen MR) is 110 cm³/mol. The summed E-state index contributed by atoms with van der Waals surface area (Å²) in [6.07, 6.45) is 1.06. The molecule has 1 amide bonds. The minimum atomic E-state index is -3.64. The Hall–Kier alpha value is -2.30. The van der Waals surface area contributed by atoms with E-state index in [9.17, 15) is 13.2 Å². The number of halogens is 1. The molecule has 10 heteroatoms. The zero-order valence-electron chi connectivity index (χ0n) is 14.2. The van der Waals surface area contributed by atoms with Gasteiger partial charge in [-0.1, -0.05) is 63.7 Å². The quantitative estimate of drug-likeness (QED) is 0.600. The molecule has 0 unspecified atom stereocenters. The molecule has 0 atom stereocenters. The maximum absolute atomic E-state index is 12.4. The lowest BCUT2D eigenvalue weighted by Gasteiger charge is -2.21. The third-order valence-electron chi connectivity index (χ3n) is 3.48. The molecule has 2 aromatic carbocycles. The highest BCUT2D eigenvalue weighted by Gasteiger charge is 2.22. The molecule has 0 bridgehead atoms. The van der Waals surface area contributed by atoms with Crippen LogP contribution < -0.4 is 9.62 Å². The number of aromatic nitrogens is 2. The van der Waals surface area contributed by atoms with Crippen LogP contribution in [0.3, 0.4) is 0 Å². The Morgan fingerprint density at radius 3 is 2.56 bits per heavy atom. The molecule has 7 nitrogen and oxygen atoms in total. The molecular weight excluding hydrogens is 452 g/mol. The highest BCUT2D eigenvalue weighted by molar-refractivity contribution is 9.10. The number of nitrogens with zero attached hydrogens (tertiary/aromatic N) is 3. The summed E-state index contributed by atoms with van der Waals surface area (Å²) in [5.41, 5.74) is 1.28. The van der Waals surface area contributed by atoms with Crippen molar-refractivity contribution in [1.29, 1.82) is 0 Å². The fourth-order valence-electron chi connectivity index (χ4n) is 2.29. The fraction of sp³-hybridized carbons (Fsp3) is 0.118. The number of rotatable bonds is 6. The standard InChI is InChI=1S/C17H15BrN4O3S2/c1-27(24,25)22(14-9-5-8-13(18)10-14)11-15(23)19-17-21-20-16(26-17)12-6-3-2-4-7-12/h2-10H,11H2,1H3,(H,19,21,23). The van der Waals surface area contributed by atoms with E-state index in [1.54, 1.807) is 24.3 Å². The summed E-state index contributed by atoms with van der Waals surface area (Å²) in [6.45, 7) is -0.366. The molecule has 0 saturated heterocycles. The summed E-state index contributed by atoms with van der Waals surface area (Å²) >= 11 is 4.52. The molecular formula is C17H15BrN4O3S2. The van der Waals surface area contributed by atoms with Crippen LogP contribution in [0.5, 0.6) is 0 Å². The van der Waals surface area contributed by atoms with Crippen molar-refractivity contribution in [3.63, 3.8) is 0 Å². The Balaban J connectivity index is 1.75. The number of benzene rings is 2. The van der Waals surface area contributed by atoms with E-state index in [0.717, 1.165) is 16.1 Å². The van der Waals surface area contributed by atoms with Gasteiger partial charge in [-0.3, -0.25) is 14.4 Å². The number of carbonyl (C=O) groups excluding carboxylic acids is 1. The SMILES string of the molecule is CS(=O)(=O)N(CC(=O)Nc1nnc(-c2ccccc2)s1)c1cccc(Br)c1. The number of nitrogens with one attached hydrogen (secondary N) is 1. The van der Waals surface area contributed by atoms with Gasteiger partial charge in [0.2, 0.25) is 21.1 Å². The van der Waals surface area contributed by atoms with E-state index in [1.807, 2.05) is 30.3 Å². The molecule has 0 fully saturated rings. The fourth-order valence-corrected chi connectivity index (χ4v) is 4.29. The van der Waals surface area contributed by atoms with Gasteiger partial charge in [0.05, 0.1) is 11.9 Å². The van der Waals surface area contributed by atoms with Gasteiger partial charge in [-0.25, -0.2) is 8.42 Å². The predicted octanol–water partition coefficient (Wildman–Crippen LogP) is 3.37. The van der Waals surface area contributed by atoms with Crippen molar-refractivity contribution in [2.24, 2.45) is 0 Å². The molecule has 140 valence electrons. The van der Waals surface area contributed by atoms with Crippen LogP contribution in [0.25, 0.3) is 10.6 Å². The van der Waals surface area contributed by atoms with Crippen molar-refractivity contribution in [3.8, 4) is 10.6 Å². The smallest absolute Gasteiger partial charge is 0.246 e. The van der Waals surface area contributed by atoms with Crippen LogP contribution in [0.15, 0.2) is 59.1 Å². The second kappa shape index (κ2) is 8.15. The van der Waals surface area contributed by atoms with Crippen LogP contribution in [-0.2, 0) is 14.8 Å². The first kappa shape index (κ1) is 19.5. The van der Waals surface area contributed by atoms with Crippen molar-refractivity contribution in [3.05, 3.63) is 59.1 Å². The number of carbonyl (C=O) groups is 1. The van der Waals surface area contributed by atoms with Gasteiger partial charge < -0.3 is 0 Å². The van der Waals surface area contributed by atoms with Crippen molar-refractivity contribution in [1.82, 2.24) is 10.2 Å². The van der Waals surface area contributed by atoms with E-state index < -0.39 is 15.9 Å². The average molecular weight is 467 g/mol. The minimum Gasteiger partial charge on any atom is -0.299 e. The maximum atomic E-state index is 12.4. The van der Waals surface area contributed by atoms with Gasteiger partial charge in [-0.05, 0) is 18.2 Å². The van der Waals surface area contributed by atoms with Gasteiger partial charge in [0.15, 0.2) is 0 Å². The minimum absolute atomic E-state index is 0.307. The second-order valence-corrected chi connectivity index (χ2v) is 9.38. The van der Waals surface area contributed by atoms with Crippen LogP contribution in [0, 0.1) is 0 Å².